The molecule has 3 heterocycles. The fraction of sp³-hybridized carbons (Fsp3) is 0.306. The highest BCUT2D eigenvalue weighted by Crippen LogP contribution is 2.25. The summed E-state index contributed by atoms with van der Waals surface area (Å²) < 4.78 is 17.1. The minimum absolute atomic E-state index is 0.227. The third kappa shape index (κ3) is 7.61. The molecule has 5 aromatic rings. The molecule has 1 aliphatic rings. The average Bonchev–Trinajstić information content (AvgIpc) is 3.71. The van der Waals surface area contributed by atoms with Crippen LogP contribution in [0.25, 0.3) is 10.9 Å². The summed E-state index contributed by atoms with van der Waals surface area (Å²) in [6.45, 7) is 4.83. The van der Waals surface area contributed by atoms with Gasteiger partial charge >= 0.3 is 5.97 Å². The zero-order valence-electron chi connectivity index (χ0n) is 25.5. The number of oxazole rings is 1. The van der Waals surface area contributed by atoms with Crippen molar-refractivity contribution in [2.45, 2.75) is 39.3 Å². The van der Waals surface area contributed by atoms with E-state index in [1.165, 1.54) is 17.2 Å². The molecule has 1 fully saturated rings. The van der Waals surface area contributed by atoms with Gasteiger partial charge in [0.25, 0.3) is 5.91 Å². The Bertz CT molecular complexity index is 1730. The molecule has 9 heteroatoms. The van der Waals surface area contributed by atoms with Gasteiger partial charge < -0.3 is 23.8 Å². The molecule has 0 unspecified atom stereocenters. The molecule has 9 nitrogen and oxygen atoms in total. The lowest BCUT2D eigenvalue weighted by Crippen LogP contribution is -2.43. The van der Waals surface area contributed by atoms with Crippen LogP contribution in [-0.4, -0.2) is 57.9 Å². The summed E-state index contributed by atoms with van der Waals surface area (Å²) in [7, 11) is 0. The van der Waals surface area contributed by atoms with Gasteiger partial charge in [-0.3, -0.25) is 14.5 Å². The Labute approximate surface area is 262 Å². The van der Waals surface area contributed by atoms with Gasteiger partial charge in [0.1, 0.15) is 17.8 Å². The largest absolute Gasteiger partial charge is 0.466 e. The van der Waals surface area contributed by atoms with Gasteiger partial charge in [0.15, 0.2) is 5.69 Å². The smallest absolute Gasteiger partial charge is 0.310 e. The number of likely N-dealkylation sites (tertiary alicyclic amines) is 1. The van der Waals surface area contributed by atoms with Crippen LogP contribution < -0.4 is 4.74 Å². The van der Waals surface area contributed by atoms with Gasteiger partial charge in [0.2, 0.25) is 5.89 Å². The van der Waals surface area contributed by atoms with E-state index in [1.54, 1.807) is 11.8 Å². The normalized spacial score (nSPS) is 15.0. The van der Waals surface area contributed by atoms with Crippen LogP contribution in [0.2, 0.25) is 0 Å². The van der Waals surface area contributed by atoms with Crippen LogP contribution in [0.1, 0.15) is 47.3 Å². The quantitative estimate of drug-likeness (QED) is 0.160. The number of aromatic amines is 1. The number of esters is 1. The summed E-state index contributed by atoms with van der Waals surface area (Å²) in [5, 5.41) is 1.21. The number of benzene rings is 3. The number of nitrogens with zero attached hydrogens (tertiary/aromatic N) is 3. The van der Waals surface area contributed by atoms with Crippen LogP contribution in [0.15, 0.2) is 95.7 Å². The molecule has 6 rings (SSSR count). The Hall–Kier alpha value is -4.89. The Morgan fingerprint density at radius 2 is 1.84 bits per heavy atom. The summed E-state index contributed by atoms with van der Waals surface area (Å²) in [6.07, 6.45) is 5.78. The number of hydrogen-bond acceptors (Lipinski definition) is 7. The molecule has 1 aliphatic heterocycles. The Morgan fingerprint density at radius 3 is 2.71 bits per heavy atom. The molecule has 1 N–H and O–H groups in total. The lowest BCUT2D eigenvalue weighted by molar-refractivity contribution is -0.149. The van der Waals surface area contributed by atoms with E-state index in [1.807, 2.05) is 54.6 Å². The molecule has 3 aromatic carbocycles. The van der Waals surface area contributed by atoms with E-state index in [4.69, 9.17) is 13.9 Å². The van der Waals surface area contributed by atoms with Crippen molar-refractivity contribution in [3.63, 3.8) is 0 Å². The number of carbonyl (C=O) groups excluding carboxylic acids is 2. The first-order valence-electron chi connectivity index (χ1n) is 15.5. The van der Waals surface area contributed by atoms with Crippen molar-refractivity contribution in [1.82, 2.24) is 19.8 Å². The third-order valence-electron chi connectivity index (χ3n) is 8.11. The Kier molecular flexibility index (Phi) is 9.56. The van der Waals surface area contributed by atoms with Crippen LogP contribution in [-0.2, 0) is 29.0 Å². The summed E-state index contributed by atoms with van der Waals surface area (Å²) in [4.78, 5) is 37.5. The number of ether oxygens (including phenoxy) is 2. The third-order valence-corrected chi connectivity index (χ3v) is 8.11. The summed E-state index contributed by atoms with van der Waals surface area (Å²) in [5.74, 6) is 1.23. The maximum absolute atomic E-state index is 13.3. The number of para-hydroxylation sites is 2. The first-order valence-corrected chi connectivity index (χ1v) is 15.5. The highest BCUT2D eigenvalue weighted by Gasteiger charge is 2.31. The first kappa shape index (κ1) is 30.1. The number of fused-ring (bicyclic) bond motifs is 1. The molecule has 1 saturated heterocycles. The molecular formula is C36H38N4O5. The Morgan fingerprint density at radius 1 is 1.02 bits per heavy atom. The number of piperidine rings is 1. The van der Waals surface area contributed by atoms with Crippen LogP contribution in [0.4, 0.5) is 0 Å². The maximum atomic E-state index is 13.3. The van der Waals surface area contributed by atoms with Gasteiger partial charge in [0.05, 0.1) is 19.1 Å². The number of hydrogen-bond donors (Lipinski definition) is 1. The Balaban J connectivity index is 1.17. The molecule has 2 aromatic heterocycles. The first-order chi connectivity index (χ1) is 22.1. The molecule has 0 radical (unpaired) electrons. The number of H-pyrrole nitrogens is 1. The van der Waals surface area contributed by atoms with E-state index in [9.17, 15) is 9.59 Å². The maximum Gasteiger partial charge on any atom is 0.310 e. The zero-order valence-corrected chi connectivity index (χ0v) is 25.5. The van der Waals surface area contributed by atoms with Gasteiger partial charge in [-0.1, -0.05) is 48.5 Å². The summed E-state index contributed by atoms with van der Waals surface area (Å²) >= 11 is 0. The molecule has 45 heavy (non-hydrogen) atoms. The number of carbonyl (C=O) groups is 2. The van der Waals surface area contributed by atoms with Crippen LogP contribution in [0.3, 0.4) is 0 Å². The van der Waals surface area contributed by atoms with E-state index < -0.39 is 0 Å². The lowest BCUT2D eigenvalue weighted by atomic mass is 9.98. The summed E-state index contributed by atoms with van der Waals surface area (Å²) in [6, 6.07) is 26.1. The molecule has 1 amide bonds. The zero-order chi connectivity index (χ0) is 31.0. The number of aromatic nitrogens is 2. The number of amides is 1. The molecule has 0 aliphatic carbocycles. The predicted molar refractivity (Wildman–Crippen MR) is 171 cm³/mol. The van der Waals surface area contributed by atoms with Crippen LogP contribution in [0, 0.1) is 5.92 Å². The van der Waals surface area contributed by atoms with Gasteiger partial charge in [-0.25, -0.2) is 4.98 Å². The van der Waals surface area contributed by atoms with E-state index >= 15 is 0 Å². The summed E-state index contributed by atoms with van der Waals surface area (Å²) in [5.41, 5.74) is 3.69. The van der Waals surface area contributed by atoms with Crippen molar-refractivity contribution < 1.29 is 23.5 Å². The second kappa shape index (κ2) is 14.3. The van der Waals surface area contributed by atoms with E-state index in [0.717, 1.165) is 48.4 Å². The van der Waals surface area contributed by atoms with Crippen molar-refractivity contribution in [3.05, 3.63) is 114 Å². The monoisotopic (exact) mass is 606 g/mol. The molecule has 1 atom stereocenters. The lowest BCUT2D eigenvalue weighted by Gasteiger charge is -2.30. The fourth-order valence-corrected chi connectivity index (χ4v) is 5.87. The topological polar surface area (TPSA) is 101 Å². The van der Waals surface area contributed by atoms with Crippen LogP contribution >= 0.6 is 0 Å². The van der Waals surface area contributed by atoms with Crippen molar-refractivity contribution in [2.24, 2.45) is 5.92 Å². The number of rotatable bonds is 12. The SMILES string of the molecule is CCOC(=O)[C@@H]1CCCN(C(=O)c2coc(CN(CCc3c[nH]c4ccccc34)Cc3cccc(Oc4ccccc4)c3)n2)C1. The van der Waals surface area contributed by atoms with Gasteiger partial charge in [-0.15, -0.1) is 0 Å². The molecule has 0 saturated carbocycles. The predicted octanol–water partition coefficient (Wildman–Crippen LogP) is 6.61. The van der Waals surface area contributed by atoms with E-state index in [-0.39, 0.29) is 23.5 Å². The second-order valence-electron chi connectivity index (χ2n) is 11.4. The highest BCUT2D eigenvalue weighted by molar-refractivity contribution is 5.92. The van der Waals surface area contributed by atoms with Crippen molar-refractivity contribution in [3.8, 4) is 11.5 Å². The molecule has 232 valence electrons. The highest BCUT2D eigenvalue weighted by atomic mass is 16.5. The van der Waals surface area contributed by atoms with Crippen molar-refractivity contribution in [1.29, 1.82) is 0 Å². The van der Waals surface area contributed by atoms with Crippen molar-refractivity contribution in [2.75, 3.05) is 26.2 Å². The standard InChI is InChI=1S/C36H38N4O5/c1-2-43-36(42)28-11-9-18-40(23-28)35(41)33-25-44-34(38-33)24-39(19-17-27-21-37-32-16-7-6-15-31(27)32)22-26-10-8-14-30(20-26)45-29-12-4-3-5-13-29/h3-8,10,12-16,20-21,25,28,37H,2,9,11,17-19,22-24H2,1H3/t28-/m1/s1. The van der Waals surface area contributed by atoms with Crippen LogP contribution in [0.5, 0.6) is 11.5 Å². The number of nitrogens with one attached hydrogen (secondary N) is 1. The van der Waals surface area contributed by atoms with Crippen molar-refractivity contribution >= 4 is 22.8 Å². The van der Waals surface area contributed by atoms with Gasteiger partial charge in [0, 0.05) is 43.3 Å². The minimum atomic E-state index is -0.310. The van der Waals surface area contributed by atoms with Gasteiger partial charge in [-0.05, 0) is 67.6 Å². The van der Waals surface area contributed by atoms with Gasteiger partial charge in [-0.2, -0.15) is 0 Å². The fourth-order valence-electron chi connectivity index (χ4n) is 5.87. The minimum Gasteiger partial charge on any atom is -0.466 e. The molecular weight excluding hydrogens is 568 g/mol. The molecule has 0 spiro atoms. The molecule has 0 bridgehead atoms. The second-order valence-corrected chi connectivity index (χ2v) is 11.4. The van der Waals surface area contributed by atoms with E-state index in [0.29, 0.717) is 38.7 Å². The van der Waals surface area contributed by atoms with E-state index in [2.05, 4.69) is 45.3 Å². The average molecular weight is 607 g/mol.